The Morgan fingerprint density at radius 3 is 0.838 bits per heavy atom. The molecule has 0 aromatic rings. The summed E-state index contributed by atoms with van der Waals surface area (Å²) in [6, 6.07) is 0. The number of esters is 4. The van der Waals surface area contributed by atoms with Crippen LogP contribution in [0.2, 0.25) is 0 Å². The summed E-state index contributed by atoms with van der Waals surface area (Å²) >= 11 is 0. The van der Waals surface area contributed by atoms with Crippen molar-refractivity contribution in [3.8, 4) is 0 Å². The molecule has 0 amide bonds. The van der Waals surface area contributed by atoms with Gasteiger partial charge in [-0.1, -0.05) is 48.5 Å². The molecule has 0 aromatic heterocycles. The summed E-state index contributed by atoms with van der Waals surface area (Å²) in [5.74, 6) is -7.56. The highest BCUT2D eigenvalue weighted by molar-refractivity contribution is 5.77. The number of hydrogen-bond donors (Lipinski definition) is 1. The first-order valence-corrected chi connectivity index (χ1v) is 22.3. The molecule has 0 aliphatic rings. The molecule has 0 saturated carbocycles. The zero-order valence-corrected chi connectivity index (χ0v) is 44.7. The van der Waals surface area contributed by atoms with Crippen molar-refractivity contribution >= 4 is 23.9 Å². The molecule has 1 N–H and O–H groups in total. The van der Waals surface area contributed by atoms with Crippen molar-refractivity contribution in [2.24, 2.45) is 28.1 Å². The van der Waals surface area contributed by atoms with Crippen molar-refractivity contribution in [2.75, 3.05) is 7.11 Å². The largest absolute Gasteiger partial charge is 0.455 e. The van der Waals surface area contributed by atoms with Gasteiger partial charge in [-0.25, -0.2) is 0 Å². The SMILES string of the molecule is CCC(C)(C)C(=O)OC(C)(C)C(O)(C(F)(F)F)C(F)(F)F.CCC(C)(C)C(=O)OC(C)(C)C(OC(=O)C(C)C)(C(F)(F)F)C(F)(F)F.CCC(C)(C)C(=O)OC(C)(C)C(OC(OC)C(C)C)(C(F)(F)F)C(F)(F)F. The molecule has 0 bridgehead atoms. The lowest BCUT2D eigenvalue weighted by molar-refractivity contribution is -0.445. The average molecular weight is 1130 g/mol. The second-order valence-electron chi connectivity index (χ2n) is 21.0. The number of hydrogen-bond acceptors (Lipinski definition) is 11. The van der Waals surface area contributed by atoms with E-state index in [0.29, 0.717) is 41.5 Å². The Morgan fingerprint density at radius 2 is 0.649 bits per heavy atom. The molecular formula is C45H70F18O11. The van der Waals surface area contributed by atoms with Crippen LogP contribution in [-0.4, -0.2) is 113 Å². The zero-order chi connectivity index (χ0) is 60.9. The number of carbonyl (C=O) groups excluding carboxylic acids is 4. The Balaban J connectivity index is -0.00000103. The number of carbonyl (C=O) groups is 4. The first-order chi connectivity index (χ1) is 32.0. The Morgan fingerprint density at radius 1 is 0.405 bits per heavy atom. The normalized spacial score (nSPS) is 15.1. The molecule has 0 radical (unpaired) electrons. The highest BCUT2D eigenvalue weighted by Gasteiger charge is 2.84. The lowest BCUT2D eigenvalue weighted by atomic mass is 9.82. The van der Waals surface area contributed by atoms with E-state index in [1.165, 1.54) is 69.2 Å². The van der Waals surface area contributed by atoms with Crippen molar-refractivity contribution < 1.29 is 132 Å². The van der Waals surface area contributed by atoms with Crippen molar-refractivity contribution in [2.45, 2.75) is 228 Å². The molecule has 0 spiro atoms. The van der Waals surface area contributed by atoms with E-state index in [1.807, 2.05) is 0 Å². The van der Waals surface area contributed by atoms with Crippen LogP contribution in [0, 0.1) is 28.1 Å². The minimum atomic E-state index is -6.09. The molecule has 11 nitrogen and oxygen atoms in total. The van der Waals surface area contributed by atoms with E-state index in [-0.39, 0.29) is 19.3 Å². The van der Waals surface area contributed by atoms with Crippen molar-refractivity contribution in [3.63, 3.8) is 0 Å². The molecule has 0 rings (SSSR count). The molecule has 0 aromatic carbocycles. The van der Waals surface area contributed by atoms with E-state index in [2.05, 4.69) is 23.7 Å². The van der Waals surface area contributed by atoms with Crippen LogP contribution in [0.3, 0.4) is 0 Å². The summed E-state index contributed by atoms with van der Waals surface area (Å²) in [7, 11) is 0.932. The summed E-state index contributed by atoms with van der Waals surface area (Å²) < 4.78 is 269. The minimum Gasteiger partial charge on any atom is -0.455 e. The molecule has 0 heterocycles. The highest BCUT2D eigenvalue weighted by Crippen LogP contribution is 2.56. The Hall–Kier alpha value is -3.50. The lowest BCUT2D eigenvalue weighted by Crippen LogP contribution is -2.72. The lowest BCUT2D eigenvalue weighted by Gasteiger charge is -2.48. The predicted molar refractivity (Wildman–Crippen MR) is 227 cm³/mol. The Bertz CT molecular complexity index is 1810. The van der Waals surface area contributed by atoms with Gasteiger partial charge in [0.2, 0.25) is 0 Å². The molecule has 1 unspecified atom stereocenters. The van der Waals surface area contributed by atoms with Gasteiger partial charge in [-0.15, -0.1) is 0 Å². The van der Waals surface area contributed by atoms with Gasteiger partial charge < -0.3 is 33.5 Å². The molecule has 0 aliphatic carbocycles. The van der Waals surface area contributed by atoms with Gasteiger partial charge in [0.05, 0.1) is 22.2 Å². The summed E-state index contributed by atoms with van der Waals surface area (Å²) in [6.45, 7) is 20.1. The minimum absolute atomic E-state index is 0.110. The zero-order valence-electron chi connectivity index (χ0n) is 44.7. The maximum atomic E-state index is 13.9. The van der Waals surface area contributed by atoms with Gasteiger partial charge in [0.25, 0.3) is 5.60 Å². The number of rotatable bonds is 18. The molecule has 29 heteroatoms. The smallest absolute Gasteiger partial charge is 0.441 e. The van der Waals surface area contributed by atoms with Gasteiger partial charge in [-0.05, 0) is 102 Å². The van der Waals surface area contributed by atoms with Gasteiger partial charge in [0.15, 0.2) is 23.1 Å². The van der Waals surface area contributed by atoms with E-state index in [1.54, 1.807) is 6.92 Å². The van der Waals surface area contributed by atoms with E-state index in [9.17, 15) is 103 Å². The average Bonchev–Trinajstić information content (AvgIpc) is 3.16. The van der Waals surface area contributed by atoms with Crippen LogP contribution in [0.1, 0.15) is 151 Å². The van der Waals surface area contributed by atoms with Crippen molar-refractivity contribution in [3.05, 3.63) is 0 Å². The fourth-order valence-electron chi connectivity index (χ4n) is 5.70. The number of aliphatic hydroxyl groups is 1. The molecule has 0 aliphatic heterocycles. The summed E-state index contributed by atoms with van der Waals surface area (Å²) in [6.07, 6.45) is -37.6. The third-order valence-corrected chi connectivity index (χ3v) is 12.1. The second-order valence-corrected chi connectivity index (χ2v) is 21.0. The van der Waals surface area contributed by atoms with E-state index in [4.69, 9.17) is 4.74 Å². The molecule has 0 saturated heterocycles. The van der Waals surface area contributed by atoms with Crippen LogP contribution >= 0.6 is 0 Å². The topological polar surface area (TPSA) is 144 Å². The standard InChI is InChI=1S/C17H28F6O4.C16H24F6O4.C12H18F6O3/c1-9-13(4,5)12(24)27-14(6,7)15(16(18,19)20,17(21,22)23)26-11(25-8)10(2)3;1-8-12(4,5)11(24)26-13(6,7)14(15(17,18)19,16(20,21)22)25-10(23)9(2)3;1-6-8(2,3)7(19)21-9(4,5)10(20,11(13,14)15)12(16,17)18/h10-11H,9H2,1-8H3;9H,8H2,1-7H3;20H,6H2,1-5H3. The first kappa shape index (κ1) is 74.7. The number of halogens is 18. The Kier molecular flexibility index (Phi) is 24.3. The predicted octanol–water partition coefficient (Wildman–Crippen LogP) is 13.7. The number of alkyl halides is 18. The van der Waals surface area contributed by atoms with E-state index >= 15 is 0 Å². The van der Waals surface area contributed by atoms with Gasteiger partial charge in [-0.3, -0.25) is 19.2 Å². The van der Waals surface area contributed by atoms with Crippen LogP contribution in [0.5, 0.6) is 0 Å². The van der Waals surface area contributed by atoms with Gasteiger partial charge in [0, 0.05) is 13.0 Å². The molecular weight excluding hydrogens is 1060 g/mol. The van der Waals surface area contributed by atoms with Crippen molar-refractivity contribution in [1.82, 2.24) is 0 Å². The molecule has 1 atom stereocenters. The summed E-state index contributed by atoms with van der Waals surface area (Å²) in [4.78, 5) is 47.8. The second kappa shape index (κ2) is 24.0. The van der Waals surface area contributed by atoms with E-state index < -0.39 is 129 Å². The van der Waals surface area contributed by atoms with Gasteiger partial charge in [0.1, 0.15) is 0 Å². The van der Waals surface area contributed by atoms with Gasteiger partial charge in [-0.2, -0.15) is 79.0 Å². The fraction of sp³-hybridized carbons (Fsp3) is 0.911. The van der Waals surface area contributed by atoms with Crippen LogP contribution < -0.4 is 0 Å². The summed E-state index contributed by atoms with van der Waals surface area (Å²) in [5.41, 5.74) is -28.5. The van der Waals surface area contributed by atoms with Crippen molar-refractivity contribution in [1.29, 1.82) is 0 Å². The third-order valence-electron chi connectivity index (χ3n) is 12.1. The van der Waals surface area contributed by atoms with Gasteiger partial charge >= 0.3 is 72.1 Å². The molecule has 74 heavy (non-hydrogen) atoms. The quantitative estimate of drug-likeness (QED) is 0.0606. The number of methoxy groups -OCH3 is 1. The Labute approximate surface area is 418 Å². The van der Waals surface area contributed by atoms with Crippen LogP contribution in [0.4, 0.5) is 79.0 Å². The molecule has 442 valence electrons. The maximum Gasteiger partial charge on any atom is 0.441 e. The van der Waals surface area contributed by atoms with Crippen LogP contribution in [0.15, 0.2) is 0 Å². The summed E-state index contributed by atoms with van der Waals surface area (Å²) in [5, 5.41) is 9.27. The monoisotopic (exact) mass is 1130 g/mol. The third kappa shape index (κ3) is 16.0. The first-order valence-electron chi connectivity index (χ1n) is 22.3. The van der Waals surface area contributed by atoms with Crippen LogP contribution in [0.25, 0.3) is 0 Å². The molecule has 0 fully saturated rings. The fourth-order valence-corrected chi connectivity index (χ4v) is 5.70. The van der Waals surface area contributed by atoms with E-state index in [0.717, 1.165) is 21.0 Å². The highest BCUT2D eigenvalue weighted by atomic mass is 19.4. The van der Waals surface area contributed by atoms with Crippen LogP contribution in [-0.2, 0) is 47.6 Å². The number of ether oxygens (including phenoxy) is 6. The maximum absolute atomic E-state index is 13.9.